The van der Waals surface area contributed by atoms with Gasteiger partial charge in [-0.05, 0) is 116 Å². The molecule has 2 aromatic rings. The second kappa shape index (κ2) is 12.6. The van der Waals surface area contributed by atoms with Crippen LogP contribution in [-0.4, -0.2) is 24.1 Å². The Morgan fingerprint density at radius 1 is 0.773 bits per heavy atom. The van der Waals surface area contributed by atoms with E-state index in [1.165, 1.54) is 50.2 Å². The Morgan fingerprint density at radius 3 is 2.02 bits per heavy atom. The molecular weight excluding hydrogens is 544 g/mol. The zero-order valence-corrected chi connectivity index (χ0v) is 27.7. The van der Waals surface area contributed by atoms with Crippen LogP contribution in [0, 0.1) is 46.3 Å². The molecule has 4 saturated carbocycles. The van der Waals surface area contributed by atoms with Crippen molar-refractivity contribution in [2.24, 2.45) is 46.3 Å². The number of hydrogen-bond acceptors (Lipinski definition) is 4. The fraction of sp³-hybridized carbons (Fsp3) is 0.650. The molecule has 6 rings (SSSR count). The second-order valence-corrected chi connectivity index (χ2v) is 15.5. The lowest BCUT2D eigenvalue weighted by atomic mass is 9.43. The summed E-state index contributed by atoms with van der Waals surface area (Å²) in [6.07, 6.45) is 11.3. The number of hydrogen-bond donors (Lipinski definition) is 0. The fourth-order valence-electron chi connectivity index (χ4n) is 11.4. The van der Waals surface area contributed by atoms with Crippen LogP contribution in [-0.2, 0) is 19.1 Å². The third-order valence-corrected chi connectivity index (χ3v) is 13.4. The Balaban J connectivity index is 1.22. The van der Waals surface area contributed by atoms with E-state index in [0.29, 0.717) is 41.4 Å². The minimum atomic E-state index is -0.152. The number of benzene rings is 2. The summed E-state index contributed by atoms with van der Waals surface area (Å²) in [6.45, 7) is 10.7. The molecule has 0 aromatic heterocycles. The summed E-state index contributed by atoms with van der Waals surface area (Å²) in [4.78, 5) is 24.4. The molecule has 0 saturated heterocycles. The van der Waals surface area contributed by atoms with Crippen molar-refractivity contribution in [3.63, 3.8) is 0 Å². The maximum atomic E-state index is 12.6. The van der Waals surface area contributed by atoms with Gasteiger partial charge in [0.1, 0.15) is 12.2 Å². The number of carbonyl (C=O) groups excluding carboxylic acids is 2. The van der Waals surface area contributed by atoms with Gasteiger partial charge in [0.2, 0.25) is 0 Å². The number of ether oxygens (including phenoxy) is 2. The van der Waals surface area contributed by atoms with E-state index in [4.69, 9.17) is 9.47 Å². The first-order valence-electron chi connectivity index (χ1n) is 17.6. The first kappa shape index (κ1) is 31.4. The van der Waals surface area contributed by atoms with Crippen molar-refractivity contribution in [2.45, 2.75) is 117 Å². The summed E-state index contributed by atoms with van der Waals surface area (Å²) in [5.41, 5.74) is 3.03. The highest BCUT2D eigenvalue weighted by atomic mass is 16.5. The lowest BCUT2D eigenvalue weighted by molar-refractivity contribution is -0.197. The lowest BCUT2D eigenvalue weighted by Gasteiger charge is -2.62. The summed E-state index contributed by atoms with van der Waals surface area (Å²) in [6, 6.07) is 22.0. The summed E-state index contributed by atoms with van der Waals surface area (Å²) in [5.74, 6) is 3.65. The molecule has 0 amide bonds. The van der Waals surface area contributed by atoms with Gasteiger partial charge in [-0.1, -0.05) is 81.4 Å². The summed E-state index contributed by atoms with van der Waals surface area (Å²) >= 11 is 0. The third kappa shape index (κ3) is 5.76. The third-order valence-electron chi connectivity index (χ3n) is 13.4. The first-order valence-corrected chi connectivity index (χ1v) is 17.6. The van der Waals surface area contributed by atoms with Gasteiger partial charge in [-0.15, -0.1) is 0 Å². The van der Waals surface area contributed by atoms with Crippen molar-refractivity contribution in [3.05, 3.63) is 71.8 Å². The molecular formula is C40H54O4. The molecule has 0 radical (unpaired) electrons. The summed E-state index contributed by atoms with van der Waals surface area (Å²) in [5, 5.41) is 0. The largest absolute Gasteiger partial charge is 0.463 e. The molecule has 238 valence electrons. The minimum absolute atomic E-state index is 0.0133. The molecule has 44 heavy (non-hydrogen) atoms. The smallest absolute Gasteiger partial charge is 0.302 e. The number of carbonyl (C=O) groups is 2. The monoisotopic (exact) mass is 598 g/mol. The van der Waals surface area contributed by atoms with Crippen molar-refractivity contribution in [1.29, 1.82) is 0 Å². The second-order valence-electron chi connectivity index (χ2n) is 15.5. The van der Waals surface area contributed by atoms with Crippen LogP contribution in [0.4, 0.5) is 0 Å². The van der Waals surface area contributed by atoms with Crippen molar-refractivity contribution in [2.75, 3.05) is 0 Å². The number of rotatable bonds is 8. The van der Waals surface area contributed by atoms with E-state index < -0.39 is 0 Å². The van der Waals surface area contributed by atoms with E-state index in [1.54, 1.807) is 6.92 Å². The normalized spacial score (nSPS) is 36.9. The van der Waals surface area contributed by atoms with Gasteiger partial charge in [-0.3, -0.25) is 9.59 Å². The molecule has 4 aliphatic rings. The van der Waals surface area contributed by atoms with Crippen molar-refractivity contribution >= 4 is 11.9 Å². The van der Waals surface area contributed by atoms with Crippen molar-refractivity contribution < 1.29 is 19.1 Å². The maximum Gasteiger partial charge on any atom is 0.302 e. The van der Waals surface area contributed by atoms with E-state index in [1.807, 2.05) is 0 Å². The molecule has 4 fully saturated rings. The van der Waals surface area contributed by atoms with Crippen LogP contribution in [0.5, 0.6) is 0 Å². The van der Waals surface area contributed by atoms with Gasteiger partial charge in [-0.2, -0.15) is 0 Å². The van der Waals surface area contributed by atoms with Gasteiger partial charge in [0.25, 0.3) is 0 Å². The Hall–Kier alpha value is -2.62. The van der Waals surface area contributed by atoms with E-state index in [-0.39, 0.29) is 35.0 Å². The lowest BCUT2D eigenvalue weighted by Crippen LogP contribution is -2.59. The Kier molecular flexibility index (Phi) is 9.01. The average Bonchev–Trinajstić information content (AvgIpc) is 3.37. The van der Waals surface area contributed by atoms with Crippen molar-refractivity contribution in [1.82, 2.24) is 0 Å². The molecule has 0 aliphatic heterocycles. The highest BCUT2D eigenvalue weighted by Gasteiger charge is 2.65. The molecule has 4 aliphatic carbocycles. The molecule has 4 heteroatoms. The average molecular weight is 599 g/mol. The SMILES string of the molecule is CC(=O)O[C@H]1CC[C@@]2(C)[C@@H](CC[C@@H]3[C@@H]2C[C@@H](OC(C)=O)[C@]2(C)[C@@H]([C@@H](C)CCC(c4ccccc4)c4ccccc4)CC[C@@H]32)C1. The van der Waals surface area contributed by atoms with E-state index in [2.05, 4.69) is 81.4 Å². The van der Waals surface area contributed by atoms with Crippen LogP contribution in [0.25, 0.3) is 0 Å². The quantitative estimate of drug-likeness (QED) is 0.284. The Morgan fingerprint density at radius 2 is 1.41 bits per heavy atom. The number of esters is 2. The fourth-order valence-corrected chi connectivity index (χ4v) is 11.4. The van der Waals surface area contributed by atoms with Crippen LogP contribution in [0.1, 0.15) is 116 Å². The predicted molar refractivity (Wildman–Crippen MR) is 175 cm³/mol. The Labute approximate surface area is 265 Å². The van der Waals surface area contributed by atoms with E-state index in [0.717, 1.165) is 32.1 Å². The first-order chi connectivity index (χ1) is 21.1. The van der Waals surface area contributed by atoms with Crippen LogP contribution >= 0.6 is 0 Å². The van der Waals surface area contributed by atoms with Crippen LogP contribution in [0.2, 0.25) is 0 Å². The summed E-state index contributed by atoms with van der Waals surface area (Å²) < 4.78 is 12.1. The topological polar surface area (TPSA) is 52.6 Å². The molecule has 4 nitrogen and oxygen atoms in total. The molecule has 0 spiro atoms. The standard InChI is InChI=1S/C40H54O4/c1-26(16-18-33(29-12-8-6-9-13-29)30-14-10-7-11-15-30)35-20-21-36-34-19-17-31-24-32(43-27(2)41)22-23-39(31,4)37(34)25-38(40(35,36)5)44-28(3)42/h6-15,26,31-38H,16-25H2,1-5H3/t26-,31-,32-,34-,35+,36-,37-,38+,39-,40+/m0/s1. The van der Waals surface area contributed by atoms with E-state index >= 15 is 0 Å². The molecule has 10 atom stereocenters. The molecule has 0 heterocycles. The molecule has 2 aromatic carbocycles. The Bertz CT molecular complexity index is 1250. The van der Waals surface area contributed by atoms with Crippen LogP contribution < -0.4 is 0 Å². The van der Waals surface area contributed by atoms with Crippen LogP contribution in [0.3, 0.4) is 0 Å². The number of fused-ring (bicyclic) bond motifs is 5. The molecule has 0 bridgehead atoms. The van der Waals surface area contributed by atoms with Gasteiger partial charge in [0, 0.05) is 25.2 Å². The van der Waals surface area contributed by atoms with Crippen molar-refractivity contribution in [3.8, 4) is 0 Å². The minimum Gasteiger partial charge on any atom is -0.463 e. The molecule has 0 unspecified atom stereocenters. The summed E-state index contributed by atoms with van der Waals surface area (Å²) in [7, 11) is 0. The van der Waals surface area contributed by atoms with Crippen LogP contribution in [0.15, 0.2) is 60.7 Å². The van der Waals surface area contributed by atoms with Gasteiger partial charge in [0.15, 0.2) is 0 Å². The maximum absolute atomic E-state index is 12.6. The molecule has 0 N–H and O–H groups in total. The zero-order chi connectivity index (χ0) is 31.1. The highest BCUT2D eigenvalue weighted by Crippen LogP contribution is 2.69. The van der Waals surface area contributed by atoms with E-state index in [9.17, 15) is 9.59 Å². The van der Waals surface area contributed by atoms with Gasteiger partial charge >= 0.3 is 11.9 Å². The zero-order valence-electron chi connectivity index (χ0n) is 27.7. The van der Waals surface area contributed by atoms with Gasteiger partial charge in [0.05, 0.1) is 0 Å². The predicted octanol–water partition coefficient (Wildman–Crippen LogP) is 9.37. The van der Waals surface area contributed by atoms with Gasteiger partial charge in [-0.25, -0.2) is 0 Å². The highest BCUT2D eigenvalue weighted by molar-refractivity contribution is 5.66. The van der Waals surface area contributed by atoms with Gasteiger partial charge < -0.3 is 9.47 Å².